The summed E-state index contributed by atoms with van der Waals surface area (Å²) < 4.78 is 34.8. The topological polar surface area (TPSA) is 55.8 Å². The first-order valence-electron chi connectivity index (χ1n) is 4.19. The molecule has 90 valence electrons. The monoisotopic (exact) mass is 239 g/mol. The number of alkyl halides is 3. The fourth-order valence-corrected chi connectivity index (χ4v) is 0.928. The summed E-state index contributed by atoms with van der Waals surface area (Å²) in [5.74, 6) is -3.60. The van der Waals surface area contributed by atoms with E-state index in [1.54, 1.807) is 24.2 Å². The number of halogens is 3. The highest BCUT2D eigenvalue weighted by atomic mass is 19.4. The Morgan fingerprint density at radius 1 is 1.38 bits per heavy atom. The molecule has 0 N–H and O–H groups in total. The number of nitrogens with zero attached hydrogens (tertiary/aromatic N) is 1. The number of hydrogen-bond acceptors (Lipinski definition) is 5. The van der Waals surface area contributed by atoms with Gasteiger partial charge in [-0.15, -0.1) is 0 Å². The lowest BCUT2D eigenvalue weighted by Crippen LogP contribution is -2.35. The number of rotatable bonds is 2. The summed E-state index contributed by atoms with van der Waals surface area (Å²) in [6.45, 7) is 0. The van der Waals surface area contributed by atoms with Gasteiger partial charge in [-0.3, -0.25) is 0 Å². The predicted octanol–water partition coefficient (Wildman–Crippen LogP) is 0.768. The average Bonchev–Trinajstić information content (AvgIpc) is 2.18. The molecule has 5 nitrogen and oxygen atoms in total. The molecule has 0 aromatic heterocycles. The Morgan fingerprint density at radius 3 is 2.38 bits per heavy atom. The van der Waals surface area contributed by atoms with E-state index < -0.39 is 18.1 Å². The van der Waals surface area contributed by atoms with Crippen LogP contribution in [0.25, 0.3) is 0 Å². The number of likely N-dealkylation sites (N-methyl/N-ethyl adjacent to an activating group) is 1. The zero-order valence-electron chi connectivity index (χ0n) is 8.15. The highest BCUT2D eigenvalue weighted by Crippen LogP contribution is 2.18. The second-order valence-corrected chi connectivity index (χ2v) is 3.10. The van der Waals surface area contributed by atoms with E-state index in [4.69, 9.17) is 0 Å². The Hall–Kier alpha value is -1.73. The van der Waals surface area contributed by atoms with E-state index in [1.807, 2.05) is 0 Å². The fraction of sp³-hybridized carbons (Fsp3) is 0.500. The molecule has 1 unspecified atom stereocenters. The summed E-state index contributed by atoms with van der Waals surface area (Å²) in [4.78, 5) is 29.7. The van der Waals surface area contributed by atoms with E-state index in [2.05, 4.69) is 9.78 Å². The molecule has 1 aliphatic heterocycles. The second kappa shape index (κ2) is 4.42. The van der Waals surface area contributed by atoms with Gasteiger partial charge in [-0.2, -0.15) is 13.2 Å². The normalized spacial score (nSPS) is 19.0. The Balaban J connectivity index is 2.26. The van der Waals surface area contributed by atoms with Crippen molar-refractivity contribution in [1.82, 2.24) is 4.90 Å². The smallest absolute Gasteiger partial charge is 0.374 e. The summed E-state index contributed by atoms with van der Waals surface area (Å²) in [6.07, 6.45) is -2.02. The minimum Gasteiger partial charge on any atom is -0.374 e. The molecule has 0 bridgehead atoms. The third-order valence-corrected chi connectivity index (χ3v) is 1.88. The van der Waals surface area contributed by atoms with Crippen molar-refractivity contribution in [3.05, 3.63) is 12.3 Å². The van der Waals surface area contributed by atoms with Gasteiger partial charge in [-0.25, -0.2) is 19.4 Å². The summed E-state index contributed by atoms with van der Waals surface area (Å²) >= 11 is 0. The van der Waals surface area contributed by atoms with Crippen molar-refractivity contribution in [1.29, 1.82) is 0 Å². The van der Waals surface area contributed by atoms with Crippen LogP contribution >= 0.6 is 0 Å². The number of carbonyl (C=O) groups is 2. The molecule has 8 heteroatoms. The summed E-state index contributed by atoms with van der Waals surface area (Å²) in [5.41, 5.74) is 0. The lowest BCUT2D eigenvalue weighted by Gasteiger charge is -2.30. The molecule has 1 heterocycles. The third kappa shape index (κ3) is 3.14. The maximum atomic E-state index is 11.6. The first-order chi connectivity index (χ1) is 7.30. The molecular weight excluding hydrogens is 231 g/mol. The molecule has 0 aromatic rings. The number of carbonyl (C=O) groups excluding carboxylic acids is 2. The Morgan fingerprint density at radius 2 is 2.00 bits per heavy atom. The van der Waals surface area contributed by atoms with E-state index >= 15 is 0 Å². The van der Waals surface area contributed by atoms with Crippen molar-refractivity contribution in [2.75, 3.05) is 7.05 Å². The molecule has 0 aromatic carbocycles. The minimum absolute atomic E-state index is 0.182. The molecule has 1 aliphatic rings. The van der Waals surface area contributed by atoms with Crippen LogP contribution in [-0.2, 0) is 19.4 Å². The van der Waals surface area contributed by atoms with Crippen LogP contribution in [0, 0.1) is 0 Å². The molecule has 1 rings (SSSR count). The molecule has 0 amide bonds. The number of hydrogen-bond donors (Lipinski definition) is 0. The molecule has 0 spiro atoms. The summed E-state index contributed by atoms with van der Waals surface area (Å²) in [5, 5.41) is 0. The third-order valence-electron chi connectivity index (χ3n) is 1.88. The summed E-state index contributed by atoms with van der Waals surface area (Å²) in [7, 11) is 1.68. The zero-order valence-corrected chi connectivity index (χ0v) is 8.15. The van der Waals surface area contributed by atoms with Crippen LogP contribution in [0.3, 0.4) is 0 Å². The lowest BCUT2D eigenvalue weighted by molar-refractivity contribution is -0.286. The van der Waals surface area contributed by atoms with Crippen molar-refractivity contribution in [3.8, 4) is 0 Å². The van der Waals surface area contributed by atoms with Crippen molar-refractivity contribution in [3.63, 3.8) is 0 Å². The molecule has 1 atom stereocenters. The van der Waals surface area contributed by atoms with Crippen LogP contribution in [0.5, 0.6) is 0 Å². The average molecular weight is 239 g/mol. The van der Waals surface area contributed by atoms with E-state index in [9.17, 15) is 22.8 Å². The molecule has 0 aliphatic carbocycles. The largest absolute Gasteiger partial charge is 0.495 e. The minimum atomic E-state index is -5.17. The SMILES string of the molecule is CN1C=CC1CC(=O)OOC(=O)C(F)(F)F. The molecule has 16 heavy (non-hydrogen) atoms. The van der Waals surface area contributed by atoms with Crippen molar-refractivity contribution >= 4 is 11.9 Å². The zero-order chi connectivity index (χ0) is 12.3. The van der Waals surface area contributed by atoms with Crippen LogP contribution in [-0.4, -0.2) is 36.1 Å². The van der Waals surface area contributed by atoms with Crippen molar-refractivity contribution in [2.45, 2.75) is 18.6 Å². The van der Waals surface area contributed by atoms with E-state index in [1.165, 1.54) is 0 Å². The van der Waals surface area contributed by atoms with E-state index in [0.717, 1.165) is 0 Å². The van der Waals surface area contributed by atoms with Gasteiger partial charge in [0.2, 0.25) is 0 Å². The van der Waals surface area contributed by atoms with Crippen LogP contribution in [0.4, 0.5) is 13.2 Å². The quantitative estimate of drug-likeness (QED) is 0.526. The van der Waals surface area contributed by atoms with Gasteiger partial charge in [0.15, 0.2) is 0 Å². The van der Waals surface area contributed by atoms with Gasteiger partial charge >= 0.3 is 18.1 Å². The first kappa shape index (κ1) is 12.3. The van der Waals surface area contributed by atoms with Gasteiger partial charge < -0.3 is 4.90 Å². The van der Waals surface area contributed by atoms with E-state index in [-0.39, 0.29) is 12.5 Å². The molecule has 0 saturated carbocycles. The van der Waals surface area contributed by atoms with Crippen LogP contribution in [0.2, 0.25) is 0 Å². The molecule has 0 saturated heterocycles. The Kier molecular flexibility index (Phi) is 3.41. The van der Waals surface area contributed by atoms with Crippen LogP contribution in [0.1, 0.15) is 6.42 Å². The Bertz CT molecular complexity index is 326. The van der Waals surface area contributed by atoms with Gasteiger partial charge in [-0.1, -0.05) is 0 Å². The van der Waals surface area contributed by atoms with Gasteiger partial charge in [0, 0.05) is 7.05 Å². The van der Waals surface area contributed by atoms with Crippen molar-refractivity contribution in [2.24, 2.45) is 0 Å². The predicted molar refractivity (Wildman–Crippen MR) is 43.5 cm³/mol. The molecule has 0 fully saturated rings. The van der Waals surface area contributed by atoms with Gasteiger partial charge in [0.25, 0.3) is 0 Å². The maximum absolute atomic E-state index is 11.6. The summed E-state index contributed by atoms with van der Waals surface area (Å²) in [6, 6.07) is -0.239. The second-order valence-electron chi connectivity index (χ2n) is 3.10. The molecular formula is C8H8F3NO4. The van der Waals surface area contributed by atoms with Gasteiger partial charge in [0.1, 0.15) is 0 Å². The highest BCUT2D eigenvalue weighted by molar-refractivity contribution is 5.77. The Labute approximate surface area is 88.3 Å². The van der Waals surface area contributed by atoms with E-state index in [0.29, 0.717) is 0 Å². The fourth-order valence-electron chi connectivity index (χ4n) is 0.928. The van der Waals surface area contributed by atoms with Gasteiger partial charge in [0.05, 0.1) is 12.5 Å². The molecule has 0 radical (unpaired) electrons. The lowest BCUT2D eigenvalue weighted by atomic mass is 10.1. The van der Waals surface area contributed by atoms with Crippen LogP contribution < -0.4 is 0 Å². The highest BCUT2D eigenvalue weighted by Gasteiger charge is 2.43. The maximum Gasteiger partial charge on any atom is 0.495 e. The standard InChI is InChI=1S/C8H8F3NO4/c1-12-3-2-5(12)4-6(13)15-16-7(14)8(9,10)11/h2-3,5H,4H2,1H3. The van der Waals surface area contributed by atoms with Crippen molar-refractivity contribution < 1.29 is 32.5 Å². The van der Waals surface area contributed by atoms with Crippen LogP contribution in [0.15, 0.2) is 12.3 Å². The first-order valence-corrected chi connectivity index (χ1v) is 4.19. The van der Waals surface area contributed by atoms with Gasteiger partial charge in [-0.05, 0) is 12.3 Å².